The van der Waals surface area contributed by atoms with Gasteiger partial charge in [-0.15, -0.1) is 0 Å². The van der Waals surface area contributed by atoms with E-state index in [0.29, 0.717) is 0 Å². The smallest absolute Gasteiger partial charge is 0.138 e. The normalized spacial score (nSPS) is 11.8. The number of fused-ring (bicyclic) bond motifs is 2. The van der Waals surface area contributed by atoms with E-state index in [9.17, 15) is 0 Å². The fourth-order valence-corrected chi connectivity index (χ4v) is 4.59. The molecule has 40 heavy (non-hydrogen) atoms. The predicted molar refractivity (Wildman–Crippen MR) is 164 cm³/mol. The number of aliphatic imine (C=N–C) groups is 2. The maximum atomic E-state index is 4.70. The van der Waals surface area contributed by atoms with Crippen LogP contribution in [-0.4, -0.2) is 32.4 Å². The standard InChI is InChI=1S/C34H24N6/c1-3-7-25(8-4-1)33-37-29-17-15-27(19-31(29)39-33)35-21-23-11-13-24(14-12-23)22-36-28-16-18-30-32(20-28)40-34(38-30)26-9-5-2-6-10-26/h1-22H,(H,37,39)(H,38,40). The van der Waals surface area contributed by atoms with Crippen molar-refractivity contribution < 1.29 is 0 Å². The first kappa shape index (κ1) is 23.5. The number of hydrogen-bond acceptors (Lipinski definition) is 4. The van der Waals surface area contributed by atoms with Gasteiger partial charge in [0.2, 0.25) is 0 Å². The van der Waals surface area contributed by atoms with Crippen LogP contribution in [0.25, 0.3) is 44.8 Å². The third-order valence-electron chi connectivity index (χ3n) is 6.69. The molecule has 7 aromatic rings. The lowest BCUT2D eigenvalue weighted by molar-refractivity contribution is 1.34. The molecule has 0 bridgehead atoms. The minimum atomic E-state index is 0.857. The number of imidazole rings is 2. The zero-order valence-electron chi connectivity index (χ0n) is 21.5. The van der Waals surface area contributed by atoms with E-state index in [0.717, 1.165) is 67.3 Å². The summed E-state index contributed by atoms with van der Waals surface area (Å²) in [6.07, 6.45) is 3.74. The highest BCUT2D eigenvalue weighted by Gasteiger charge is 2.06. The van der Waals surface area contributed by atoms with Gasteiger partial charge >= 0.3 is 0 Å². The first-order chi connectivity index (χ1) is 19.8. The molecule has 0 aliphatic rings. The molecule has 2 N–H and O–H groups in total. The van der Waals surface area contributed by atoms with Crippen molar-refractivity contribution in [3.8, 4) is 22.8 Å². The molecule has 0 atom stereocenters. The second-order valence-corrected chi connectivity index (χ2v) is 9.49. The summed E-state index contributed by atoms with van der Waals surface area (Å²) in [6, 6.07) is 40.4. The first-order valence-corrected chi connectivity index (χ1v) is 13.1. The van der Waals surface area contributed by atoms with Crippen molar-refractivity contribution in [2.45, 2.75) is 0 Å². The Morgan fingerprint density at radius 2 is 0.900 bits per heavy atom. The molecular weight excluding hydrogens is 492 g/mol. The third-order valence-corrected chi connectivity index (χ3v) is 6.69. The number of H-pyrrole nitrogens is 2. The number of nitrogens with one attached hydrogen (secondary N) is 2. The van der Waals surface area contributed by atoms with Crippen LogP contribution in [0, 0.1) is 0 Å². The second kappa shape index (κ2) is 10.3. The van der Waals surface area contributed by atoms with Crippen LogP contribution in [-0.2, 0) is 0 Å². The van der Waals surface area contributed by atoms with E-state index in [4.69, 9.17) is 9.97 Å². The summed E-state index contributed by atoms with van der Waals surface area (Å²) in [5.41, 5.74) is 9.65. The van der Waals surface area contributed by atoms with Crippen molar-refractivity contribution in [1.29, 1.82) is 0 Å². The summed E-state index contributed by atoms with van der Waals surface area (Å²) in [5, 5.41) is 0. The maximum absolute atomic E-state index is 4.70. The quantitative estimate of drug-likeness (QED) is 0.218. The number of aromatic amines is 2. The Balaban J connectivity index is 1.04. The summed E-state index contributed by atoms with van der Waals surface area (Å²) < 4.78 is 0. The van der Waals surface area contributed by atoms with Gasteiger partial charge < -0.3 is 9.97 Å². The van der Waals surface area contributed by atoms with E-state index >= 15 is 0 Å². The molecule has 0 aliphatic heterocycles. The van der Waals surface area contributed by atoms with E-state index in [1.165, 1.54) is 0 Å². The van der Waals surface area contributed by atoms with E-state index in [2.05, 4.69) is 20.0 Å². The summed E-state index contributed by atoms with van der Waals surface area (Å²) in [7, 11) is 0. The van der Waals surface area contributed by atoms with Crippen LogP contribution in [0.1, 0.15) is 11.1 Å². The molecule has 2 heterocycles. The van der Waals surface area contributed by atoms with Crippen LogP contribution in [0.2, 0.25) is 0 Å². The third kappa shape index (κ3) is 4.93. The van der Waals surface area contributed by atoms with Gasteiger partial charge in [0.25, 0.3) is 0 Å². The van der Waals surface area contributed by atoms with Crippen LogP contribution in [0.15, 0.2) is 131 Å². The summed E-state index contributed by atoms with van der Waals surface area (Å²) in [6.45, 7) is 0. The minimum absolute atomic E-state index is 0.857. The summed E-state index contributed by atoms with van der Waals surface area (Å²) >= 11 is 0. The van der Waals surface area contributed by atoms with Gasteiger partial charge in [-0.1, -0.05) is 84.9 Å². The highest BCUT2D eigenvalue weighted by Crippen LogP contribution is 2.25. The number of aromatic nitrogens is 4. The maximum Gasteiger partial charge on any atom is 0.138 e. The lowest BCUT2D eigenvalue weighted by Crippen LogP contribution is -1.84. The molecular formula is C34H24N6. The van der Waals surface area contributed by atoms with E-state index in [1.807, 2.05) is 134 Å². The fourth-order valence-electron chi connectivity index (χ4n) is 4.59. The summed E-state index contributed by atoms with van der Waals surface area (Å²) in [5.74, 6) is 1.71. The van der Waals surface area contributed by atoms with Crippen LogP contribution in [0.4, 0.5) is 11.4 Å². The molecule has 5 aromatic carbocycles. The van der Waals surface area contributed by atoms with Crippen molar-refractivity contribution in [1.82, 2.24) is 19.9 Å². The Hall–Kier alpha value is -5.62. The molecule has 0 aliphatic carbocycles. The fraction of sp³-hybridized carbons (Fsp3) is 0. The van der Waals surface area contributed by atoms with Crippen LogP contribution in [0.5, 0.6) is 0 Å². The highest BCUT2D eigenvalue weighted by atomic mass is 14.9. The number of benzene rings is 5. The van der Waals surface area contributed by atoms with Gasteiger partial charge in [-0.25, -0.2) is 9.97 Å². The van der Waals surface area contributed by atoms with E-state index < -0.39 is 0 Å². The zero-order chi connectivity index (χ0) is 26.7. The largest absolute Gasteiger partial charge is 0.338 e. The lowest BCUT2D eigenvalue weighted by atomic mass is 10.1. The van der Waals surface area contributed by atoms with Crippen molar-refractivity contribution in [3.05, 3.63) is 132 Å². The van der Waals surface area contributed by atoms with E-state index in [-0.39, 0.29) is 0 Å². The average Bonchev–Trinajstić information content (AvgIpc) is 3.64. The summed E-state index contributed by atoms with van der Waals surface area (Å²) in [4.78, 5) is 25.5. The van der Waals surface area contributed by atoms with Gasteiger partial charge in [0.05, 0.1) is 33.4 Å². The Kier molecular flexibility index (Phi) is 6.03. The molecule has 6 nitrogen and oxygen atoms in total. The molecule has 190 valence electrons. The van der Waals surface area contributed by atoms with Gasteiger partial charge in [-0.3, -0.25) is 9.98 Å². The molecule has 0 unspecified atom stereocenters. The van der Waals surface area contributed by atoms with Gasteiger partial charge in [-0.05, 0) is 47.5 Å². The Morgan fingerprint density at radius 3 is 1.32 bits per heavy atom. The second-order valence-electron chi connectivity index (χ2n) is 9.49. The zero-order valence-corrected chi connectivity index (χ0v) is 21.5. The first-order valence-electron chi connectivity index (χ1n) is 13.1. The highest BCUT2D eigenvalue weighted by molar-refractivity contribution is 5.89. The van der Waals surface area contributed by atoms with Crippen LogP contribution >= 0.6 is 0 Å². The van der Waals surface area contributed by atoms with Gasteiger partial charge in [0.15, 0.2) is 0 Å². The van der Waals surface area contributed by atoms with Crippen molar-refractivity contribution in [2.75, 3.05) is 0 Å². The lowest BCUT2D eigenvalue weighted by Gasteiger charge is -1.98. The molecule has 7 rings (SSSR count). The molecule has 0 radical (unpaired) electrons. The monoisotopic (exact) mass is 516 g/mol. The van der Waals surface area contributed by atoms with Crippen LogP contribution in [0.3, 0.4) is 0 Å². The molecule has 0 saturated carbocycles. The predicted octanol–water partition coefficient (Wildman–Crippen LogP) is 8.27. The van der Waals surface area contributed by atoms with Crippen molar-refractivity contribution >= 4 is 45.9 Å². The molecule has 2 aromatic heterocycles. The van der Waals surface area contributed by atoms with Crippen molar-refractivity contribution in [3.63, 3.8) is 0 Å². The Labute approximate surface area is 230 Å². The number of nitrogens with zero attached hydrogens (tertiary/aromatic N) is 4. The minimum Gasteiger partial charge on any atom is -0.338 e. The van der Waals surface area contributed by atoms with Crippen molar-refractivity contribution in [2.24, 2.45) is 9.98 Å². The van der Waals surface area contributed by atoms with Gasteiger partial charge in [-0.2, -0.15) is 0 Å². The number of rotatable bonds is 6. The molecule has 6 heteroatoms. The number of hydrogen-bond donors (Lipinski definition) is 2. The average molecular weight is 517 g/mol. The van der Waals surface area contributed by atoms with E-state index in [1.54, 1.807) is 0 Å². The molecule has 0 saturated heterocycles. The topological polar surface area (TPSA) is 82.1 Å². The van der Waals surface area contributed by atoms with Gasteiger partial charge in [0, 0.05) is 23.6 Å². The SMILES string of the molecule is C(=Nc1ccc2nc(-c3ccccc3)[nH]c2c1)c1ccc(C=Nc2ccc3nc(-c4ccccc4)[nH]c3c2)cc1. The Morgan fingerprint density at radius 1 is 0.475 bits per heavy atom. The Bertz CT molecular complexity index is 1840. The molecule has 0 amide bonds. The molecule has 0 spiro atoms. The molecule has 0 fully saturated rings. The van der Waals surface area contributed by atoms with Crippen LogP contribution < -0.4 is 0 Å². The van der Waals surface area contributed by atoms with Gasteiger partial charge in [0.1, 0.15) is 11.6 Å².